The molecule has 0 spiro atoms. The summed E-state index contributed by atoms with van der Waals surface area (Å²) in [6.07, 6.45) is 1.32. The summed E-state index contributed by atoms with van der Waals surface area (Å²) in [5.74, 6) is -0.917. The molecule has 0 saturated heterocycles. The van der Waals surface area contributed by atoms with Crippen molar-refractivity contribution in [1.29, 1.82) is 0 Å². The molecule has 1 aliphatic rings. The third-order valence-corrected chi connectivity index (χ3v) is 6.43. The number of hydrogen-bond acceptors (Lipinski definition) is 5. The first-order chi connectivity index (χ1) is 17.6. The molecule has 1 fully saturated rings. The number of rotatable bonds is 5. The number of aryl methyl sites for hydroxylation is 1. The van der Waals surface area contributed by atoms with Crippen molar-refractivity contribution in [1.82, 2.24) is 13.7 Å². The summed E-state index contributed by atoms with van der Waals surface area (Å²) in [5, 5.41) is 5.63. The summed E-state index contributed by atoms with van der Waals surface area (Å²) in [5.41, 5.74) is -0.340. The lowest BCUT2D eigenvalue weighted by atomic mass is 9.96. The predicted octanol–water partition coefficient (Wildman–Crippen LogP) is 2.13. The van der Waals surface area contributed by atoms with E-state index in [4.69, 9.17) is 7.85 Å². The lowest BCUT2D eigenvalue weighted by Crippen LogP contribution is -2.41. The number of fused-ring (bicyclic) bond motifs is 1. The van der Waals surface area contributed by atoms with Crippen molar-refractivity contribution in [3.8, 4) is 5.69 Å². The van der Waals surface area contributed by atoms with Crippen LogP contribution in [0.2, 0.25) is 0 Å². The minimum absolute atomic E-state index is 0.0112. The highest BCUT2D eigenvalue weighted by Gasteiger charge is 2.31. The van der Waals surface area contributed by atoms with Crippen LogP contribution in [0.5, 0.6) is 0 Å². The zero-order chi connectivity index (χ0) is 26.6. The van der Waals surface area contributed by atoms with E-state index in [1.165, 1.54) is 46.7 Å². The highest BCUT2D eigenvalue weighted by molar-refractivity contribution is 6.32. The van der Waals surface area contributed by atoms with Gasteiger partial charge in [0, 0.05) is 31.3 Å². The fourth-order valence-electron chi connectivity index (χ4n) is 4.54. The first-order valence-electron chi connectivity index (χ1n) is 11.7. The van der Waals surface area contributed by atoms with Crippen LogP contribution in [0.1, 0.15) is 31.4 Å². The number of anilines is 3. The second-order valence-corrected chi connectivity index (χ2v) is 9.18. The molecule has 0 atom stereocenters. The Labute approximate surface area is 211 Å². The summed E-state index contributed by atoms with van der Waals surface area (Å²) in [6, 6.07) is 10.3. The first kappa shape index (κ1) is 24.3. The molecule has 2 aromatic carbocycles. The van der Waals surface area contributed by atoms with Crippen molar-refractivity contribution in [3.63, 3.8) is 0 Å². The van der Waals surface area contributed by atoms with Crippen LogP contribution >= 0.6 is 0 Å². The van der Waals surface area contributed by atoms with Gasteiger partial charge >= 0.3 is 5.69 Å². The summed E-state index contributed by atoms with van der Waals surface area (Å²) in [7, 11) is 7.14. The van der Waals surface area contributed by atoms with E-state index in [2.05, 4.69) is 10.6 Å². The summed E-state index contributed by atoms with van der Waals surface area (Å²) >= 11 is 0. The fraction of sp³-hybridized carbons (Fsp3) is 0.231. The van der Waals surface area contributed by atoms with Crippen molar-refractivity contribution in [2.45, 2.75) is 32.7 Å². The molecule has 4 aromatic rings. The summed E-state index contributed by atoms with van der Waals surface area (Å²) in [4.78, 5) is 52.5. The number of nitrogens with one attached hydrogen (secondary N) is 2. The molecule has 2 heterocycles. The quantitative estimate of drug-likeness (QED) is 0.410. The number of amides is 1. The Hall–Kier alpha value is -4.41. The SMILES string of the molecule is [B]c1ccc(Nc2c3c(=O)n(C4CC4)c(=O)n(-c4cccc(NC(C)=O)c4)c3c(C)c(=O)n2C)c(F)c1. The molecular weight excluding hydrogens is 476 g/mol. The zero-order valence-corrected chi connectivity index (χ0v) is 20.5. The van der Waals surface area contributed by atoms with E-state index in [0.717, 1.165) is 6.07 Å². The molecule has 1 aliphatic carbocycles. The molecule has 37 heavy (non-hydrogen) atoms. The maximum atomic E-state index is 14.7. The van der Waals surface area contributed by atoms with Crippen molar-refractivity contribution in [2.24, 2.45) is 7.05 Å². The van der Waals surface area contributed by atoms with E-state index in [9.17, 15) is 23.6 Å². The molecule has 2 aromatic heterocycles. The molecular formula is C26H23BFN5O4. The number of nitrogens with zero attached hydrogens (tertiary/aromatic N) is 3. The van der Waals surface area contributed by atoms with Crippen LogP contribution in [0.25, 0.3) is 16.6 Å². The van der Waals surface area contributed by atoms with Crippen molar-refractivity contribution in [3.05, 3.63) is 85.0 Å². The largest absolute Gasteiger partial charge is 0.338 e. The Morgan fingerprint density at radius 2 is 1.81 bits per heavy atom. The highest BCUT2D eigenvalue weighted by atomic mass is 19.1. The molecule has 5 rings (SSSR count). The van der Waals surface area contributed by atoms with E-state index in [1.807, 2.05) is 0 Å². The average molecular weight is 499 g/mol. The Morgan fingerprint density at radius 1 is 1.08 bits per heavy atom. The van der Waals surface area contributed by atoms with Crippen molar-refractivity contribution < 1.29 is 9.18 Å². The van der Waals surface area contributed by atoms with Crippen LogP contribution in [0, 0.1) is 12.7 Å². The lowest BCUT2D eigenvalue weighted by molar-refractivity contribution is -0.114. The van der Waals surface area contributed by atoms with Gasteiger partial charge in [-0.2, -0.15) is 0 Å². The van der Waals surface area contributed by atoms with Gasteiger partial charge in [-0.05, 0) is 50.1 Å². The van der Waals surface area contributed by atoms with Crippen molar-refractivity contribution >= 4 is 47.3 Å². The number of pyridine rings is 1. The fourth-order valence-corrected chi connectivity index (χ4v) is 4.54. The minimum atomic E-state index is -0.667. The van der Waals surface area contributed by atoms with E-state index >= 15 is 0 Å². The van der Waals surface area contributed by atoms with Gasteiger partial charge in [0.15, 0.2) is 0 Å². The number of aromatic nitrogens is 3. The topological polar surface area (TPSA) is 107 Å². The molecule has 186 valence electrons. The number of carbonyl (C=O) groups is 1. The molecule has 2 N–H and O–H groups in total. The minimum Gasteiger partial charge on any atom is -0.338 e. The van der Waals surface area contributed by atoms with E-state index in [0.29, 0.717) is 24.2 Å². The van der Waals surface area contributed by atoms with Gasteiger partial charge in [0.05, 0.1) is 16.9 Å². The molecule has 0 aliphatic heterocycles. The van der Waals surface area contributed by atoms with Gasteiger partial charge in [-0.1, -0.05) is 17.6 Å². The normalized spacial score (nSPS) is 13.1. The van der Waals surface area contributed by atoms with Gasteiger partial charge in [-0.25, -0.2) is 9.18 Å². The van der Waals surface area contributed by atoms with Crippen LogP contribution < -0.4 is 32.9 Å². The van der Waals surface area contributed by atoms with E-state index in [1.54, 1.807) is 24.3 Å². The Morgan fingerprint density at radius 3 is 2.46 bits per heavy atom. The van der Waals surface area contributed by atoms with Gasteiger partial charge in [0.1, 0.15) is 24.9 Å². The highest BCUT2D eigenvalue weighted by Crippen LogP contribution is 2.34. The molecule has 1 saturated carbocycles. The van der Waals surface area contributed by atoms with Gasteiger partial charge < -0.3 is 10.6 Å². The monoisotopic (exact) mass is 499 g/mol. The van der Waals surface area contributed by atoms with Gasteiger partial charge in [-0.3, -0.25) is 28.1 Å². The van der Waals surface area contributed by atoms with Crippen molar-refractivity contribution in [2.75, 3.05) is 10.6 Å². The number of hydrogen-bond donors (Lipinski definition) is 2. The molecule has 1 amide bonds. The maximum Gasteiger partial charge on any atom is 0.336 e. The Bertz CT molecular complexity index is 1790. The average Bonchev–Trinajstić information content (AvgIpc) is 3.67. The second kappa shape index (κ2) is 8.92. The predicted molar refractivity (Wildman–Crippen MR) is 141 cm³/mol. The Balaban J connectivity index is 1.90. The van der Waals surface area contributed by atoms with Crippen LogP contribution in [0.4, 0.5) is 21.6 Å². The van der Waals surface area contributed by atoms with Crippen LogP contribution in [0.3, 0.4) is 0 Å². The van der Waals surface area contributed by atoms with E-state index < -0.39 is 22.6 Å². The number of benzene rings is 2. The number of carbonyl (C=O) groups excluding carboxylic acids is 1. The van der Waals surface area contributed by atoms with Crippen LogP contribution in [0.15, 0.2) is 56.8 Å². The van der Waals surface area contributed by atoms with Gasteiger partial charge in [0.2, 0.25) is 5.91 Å². The molecule has 0 unspecified atom stereocenters. The second-order valence-electron chi connectivity index (χ2n) is 9.18. The number of halogens is 1. The molecule has 2 radical (unpaired) electrons. The third kappa shape index (κ3) is 4.16. The third-order valence-electron chi connectivity index (χ3n) is 6.43. The van der Waals surface area contributed by atoms with E-state index in [-0.39, 0.29) is 45.4 Å². The van der Waals surface area contributed by atoms with Crippen LogP contribution in [-0.4, -0.2) is 27.5 Å². The van der Waals surface area contributed by atoms with Gasteiger partial charge in [0.25, 0.3) is 11.1 Å². The first-order valence-corrected chi connectivity index (χ1v) is 11.7. The van der Waals surface area contributed by atoms with Crippen LogP contribution in [-0.2, 0) is 11.8 Å². The standard InChI is InChI=1S/C26H23BFN5O4/c1-13-22-21(23(31(3)24(13)35)30-20-10-7-15(27)11-19(20)28)25(36)33(17-8-9-17)26(37)32(22)18-6-4-5-16(12-18)29-14(2)34/h4-7,10-12,17,30H,8-9H2,1-3H3,(H,29,34). The molecule has 9 nitrogen and oxygen atoms in total. The maximum absolute atomic E-state index is 14.7. The lowest BCUT2D eigenvalue weighted by Gasteiger charge is -2.21. The summed E-state index contributed by atoms with van der Waals surface area (Å²) < 4.78 is 18.4. The summed E-state index contributed by atoms with van der Waals surface area (Å²) in [6.45, 7) is 2.90. The van der Waals surface area contributed by atoms with Gasteiger partial charge in [-0.15, -0.1) is 0 Å². The zero-order valence-electron chi connectivity index (χ0n) is 20.5. The Kier molecular flexibility index (Phi) is 5.85. The molecule has 11 heteroatoms. The molecule has 0 bridgehead atoms. The smallest absolute Gasteiger partial charge is 0.336 e.